The van der Waals surface area contributed by atoms with Crippen LogP contribution in [0.2, 0.25) is 0 Å². The molecule has 0 aliphatic carbocycles. The average Bonchev–Trinajstić information content (AvgIpc) is 3.32. The molecule has 0 spiro atoms. The van der Waals surface area contributed by atoms with Crippen LogP contribution in [0.3, 0.4) is 0 Å². The van der Waals surface area contributed by atoms with Crippen LogP contribution in [0, 0.1) is 6.92 Å². The SMILES string of the molecule is Cc1ccc2cc(-c3c4ccccc4c(-c4ccc(-c5c6ccccc6c(-c6ccc7cc(-c8ccccc8)ccc7c6)c6ccccc56)cc4)c4ccccc34)ccc2c1. The normalized spacial score (nSPS) is 11.7. The van der Waals surface area contributed by atoms with Crippen LogP contribution in [0.4, 0.5) is 0 Å². The molecule has 12 aromatic rings. The van der Waals surface area contributed by atoms with Crippen LogP contribution in [-0.2, 0) is 0 Å². The van der Waals surface area contributed by atoms with Crippen LogP contribution < -0.4 is 0 Å². The standard InChI is InChI=1S/C61H40/c1-39-23-24-45-37-48(33-31-43(45)35-39)60-54-19-9-5-15-50(54)58(51-16-6-10-20-55(51)60)41-25-27-42(28-26-41)59-52-17-7-11-21-56(52)61(57-22-12-8-18-53(57)59)49-34-32-46-36-44(29-30-47(46)38-49)40-13-3-2-4-14-40/h2-38H,1H3. The van der Waals surface area contributed by atoms with Gasteiger partial charge in [-0.1, -0.05) is 212 Å². The summed E-state index contributed by atoms with van der Waals surface area (Å²) in [4.78, 5) is 0. The zero-order chi connectivity index (χ0) is 40.4. The van der Waals surface area contributed by atoms with E-state index >= 15 is 0 Å². The van der Waals surface area contributed by atoms with Crippen molar-refractivity contribution >= 4 is 64.6 Å². The van der Waals surface area contributed by atoms with Gasteiger partial charge in [0.25, 0.3) is 0 Å². The van der Waals surface area contributed by atoms with Gasteiger partial charge in [-0.05, 0) is 145 Å². The summed E-state index contributed by atoms with van der Waals surface area (Å²) in [7, 11) is 0. The lowest BCUT2D eigenvalue weighted by Crippen LogP contribution is -1.92. The van der Waals surface area contributed by atoms with Crippen LogP contribution in [-0.4, -0.2) is 0 Å². The molecule has 0 heteroatoms. The highest BCUT2D eigenvalue weighted by Gasteiger charge is 2.19. The van der Waals surface area contributed by atoms with E-state index in [2.05, 4.69) is 231 Å². The maximum absolute atomic E-state index is 2.37. The third kappa shape index (κ3) is 5.83. The summed E-state index contributed by atoms with van der Waals surface area (Å²) in [6, 6.07) is 83.3. The first kappa shape index (κ1) is 35.2. The van der Waals surface area contributed by atoms with Crippen molar-refractivity contribution in [2.24, 2.45) is 0 Å². The smallest absolute Gasteiger partial charge is 0.00262 e. The zero-order valence-electron chi connectivity index (χ0n) is 33.9. The van der Waals surface area contributed by atoms with E-state index in [-0.39, 0.29) is 0 Å². The van der Waals surface area contributed by atoms with Gasteiger partial charge in [-0.2, -0.15) is 0 Å². The average molecular weight is 773 g/mol. The third-order valence-electron chi connectivity index (χ3n) is 12.8. The molecular weight excluding hydrogens is 733 g/mol. The molecule has 0 saturated heterocycles. The molecule has 0 aliphatic heterocycles. The van der Waals surface area contributed by atoms with Gasteiger partial charge in [-0.15, -0.1) is 0 Å². The maximum atomic E-state index is 2.37. The second kappa shape index (κ2) is 14.2. The van der Waals surface area contributed by atoms with Gasteiger partial charge in [0.05, 0.1) is 0 Å². The van der Waals surface area contributed by atoms with Crippen molar-refractivity contribution in [3.8, 4) is 55.6 Å². The Kier molecular flexibility index (Phi) is 8.18. The van der Waals surface area contributed by atoms with E-state index in [0.717, 1.165) is 0 Å². The Labute approximate surface area is 355 Å². The molecule has 0 unspecified atom stereocenters. The number of fused-ring (bicyclic) bond motifs is 6. The molecule has 0 nitrogen and oxygen atoms in total. The number of hydrogen-bond acceptors (Lipinski definition) is 0. The fourth-order valence-electron chi connectivity index (χ4n) is 10.0. The summed E-state index contributed by atoms with van der Waals surface area (Å²) in [5, 5.41) is 15.1. The summed E-state index contributed by atoms with van der Waals surface area (Å²) in [6.45, 7) is 2.16. The second-order valence-electron chi connectivity index (χ2n) is 16.5. The molecule has 12 rings (SSSR count). The van der Waals surface area contributed by atoms with Gasteiger partial charge in [0.2, 0.25) is 0 Å². The van der Waals surface area contributed by atoms with Gasteiger partial charge < -0.3 is 0 Å². The lowest BCUT2D eigenvalue weighted by atomic mass is 9.84. The Bertz CT molecular complexity index is 3570. The Balaban J connectivity index is 1.01. The number of benzene rings is 12. The van der Waals surface area contributed by atoms with Crippen LogP contribution in [0.15, 0.2) is 224 Å². The first-order chi connectivity index (χ1) is 30.2. The zero-order valence-corrected chi connectivity index (χ0v) is 33.9. The molecular formula is C61H40. The summed E-state index contributed by atoms with van der Waals surface area (Å²) in [5.41, 5.74) is 13.8. The van der Waals surface area contributed by atoms with Crippen molar-refractivity contribution in [2.75, 3.05) is 0 Å². The van der Waals surface area contributed by atoms with Gasteiger partial charge in [-0.3, -0.25) is 0 Å². The van der Waals surface area contributed by atoms with Crippen molar-refractivity contribution in [1.82, 2.24) is 0 Å². The number of hydrogen-bond donors (Lipinski definition) is 0. The molecule has 0 aliphatic rings. The third-order valence-corrected chi connectivity index (χ3v) is 12.8. The molecule has 0 saturated carbocycles. The number of aryl methyl sites for hydroxylation is 1. The molecule has 0 atom stereocenters. The summed E-state index contributed by atoms with van der Waals surface area (Å²) >= 11 is 0. The van der Waals surface area contributed by atoms with E-state index in [1.807, 2.05) is 0 Å². The monoisotopic (exact) mass is 772 g/mol. The Morgan fingerprint density at radius 1 is 0.197 bits per heavy atom. The van der Waals surface area contributed by atoms with Crippen LogP contribution in [0.5, 0.6) is 0 Å². The largest absolute Gasteiger partial charge is 0.0622 e. The highest BCUT2D eigenvalue weighted by Crippen LogP contribution is 2.47. The lowest BCUT2D eigenvalue weighted by molar-refractivity contribution is 1.51. The molecule has 0 N–H and O–H groups in total. The summed E-state index contributed by atoms with van der Waals surface area (Å²) < 4.78 is 0. The maximum Gasteiger partial charge on any atom is -0.00262 e. The van der Waals surface area contributed by atoms with E-state index < -0.39 is 0 Å². The molecule has 0 radical (unpaired) electrons. The first-order valence-corrected chi connectivity index (χ1v) is 21.2. The minimum atomic E-state index is 1.21. The van der Waals surface area contributed by atoms with Crippen LogP contribution in [0.25, 0.3) is 120 Å². The fraction of sp³-hybridized carbons (Fsp3) is 0.0164. The Morgan fingerprint density at radius 3 is 0.869 bits per heavy atom. The van der Waals surface area contributed by atoms with Gasteiger partial charge in [0, 0.05) is 0 Å². The predicted octanol–water partition coefficient (Wildman–Crippen LogP) is 17.2. The summed E-state index contributed by atoms with van der Waals surface area (Å²) in [5.74, 6) is 0. The Hall–Kier alpha value is -7.80. The topological polar surface area (TPSA) is 0 Å². The fourth-order valence-corrected chi connectivity index (χ4v) is 10.0. The van der Waals surface area contributed by atoms with Gasteiger partial charge in [0.15, 0.2) is 0 Å². The molecule has 12 aromatic carbocycles. The van der Waals surface area contributed by atoms with Crippen molar-refractivity contribution in [3.05, 3.63) is 230 Å². The highest BCUT2D eigenvalue weighted by atomic mass is 14.2. The highest BCUT2D eigenvalue weighted by molar-refractivity contribution is 6.23. The van der Waals surface area contributed by atoms with E-state index in [4.69, 9.17) is 0 Å². The summed E-state index contributed by atoms with van der Waals surface area (Å²) in [6.07, 6.45) is 0. The van der Waals surface area contributed by atoms with Crippen molar-refractivity contribution in [1.29, 1.82) is 0 Å². The predicted molar refractivity (Wildman–Crippen MR) is 263 cm³/mol. The molecule has 0 fully saturated rings. The second-order valence-corrected chi connectivity index (χ2v) is 16.5. The van der Waals surface area contributed by atoms with Gasteiger partial charge >= 0.3 is 0 Å². The molecule has 284 valence electrons. The van der Waals surface area contributed by atoms with Crippen LogP contribution >= 0.6 is 0 Å². The van der Waals surface area contributed by atoms with Crippen molar-refractivity contribution in [3.63, 3.8) is 0 Å². The van der Waals surface area contributed by atoms with Crippen LogP contribution in [0.1, 0.15) is 5.56 Å². The minimum absolute atomic E-state index is 1.21. The molecule has 61 heavy (non-hydrogen) atoms. The van der Waals surface area contributed by atoms with E-state index in [0.29, 0.717) is 0 Å². The van der Waals surface area contributed by atoms with Gasteiger partial charge in [-0.25, -0.2) is 0 Å². The molecule has 0 aromatic heterocycles. The minimum Gasteiger partial charge on any atom is -0.0622 e. The van der Waals surface area contributed by atoms with E-state index in [9.17, 15) is 0 Å². The molecule has 0 bridgehead atoms. The van der Waals surface area contributed by atoms with E-state index in [1.165, 1.54) is 126 Å². The van der Waals surface area contributed by atoms with E-state index in [1.54, 1.807) is 0 Å². The quantitative estimate of drug-likeness (QED) is 0.153. The van der Waals surface area contributed by atoms with Crippen molar-refractivity contribution in [2.45, 2.75) is 6.92 Å². The number of rotatable bonds is 5. The lowest BCUT2D eigenvalue weighted by Gasteiger charge is -2.19. The van der Waals surface area contributed by atoms with Gasteiger partial charge in [0.1, 0.15) is 0 Å². The Morgan fingerprint density at radius 2 is 0.475 bits per heavy atom. The molecule has 0 amide bonds. The molecule has 0 heterocycles. The first-order valence-electron chi connectivity index (χ1n) is 21.2. The van der Waals surface area contributed by atoms with Crippen molar-refractivity contribution < 1.29 is 0 Å².